The van der Waals surface area contributed by atoms with Crippen molar-refractivity contribution in [1.29, 1.82) is 5.26 Å². The van der Waals surface area contributed by atoms with Crippen LogP contribution in [0.3, 0.4) is 0 Å². The summed E-state index contributed by atoms with van der Waals surface area (Å²) in [5, 5.41) is 11.9. The normalized spacial score (nSPS) is 17.3. The Kier molecular flexibility index (Phi) is 7.35. The van der Waals surface area contributed by atoms with Gasteiger partial charge in [-0.1, -0.05) is 78.9 Å². The van der Waals surface area contributed by atoms with Crippen molar-refractivity contribution in [1.82, 2.24) is 5.32 Å². The molecule has 39 heavy (non-hydrogen) atoms. The molecule has 0 aromatic heterocycles. The molecule has 0 atom stereocenters. The van der Waals surface area contributed by atoms with Gasteiger partial charge in [0, 0.05) is 12.5 Å². The van der Waals surface area contributed by atoms with Crippen LogP contribution in [0, 0.1) is 11.3 Å². The van der Waals surface area contributed by atoms with E-state index in [1.54, 1.807) is 0 Å². The zero-order valence-electron chi connectivity index (χ0n) is 22.9. The second kappa shape index (κ2) is 10.7. The van der Waals surface area contributed by atoms with Gasteiger partial charge in [0.05, 0.1) is 23.7 Å². The number of ether oxygens (including phenoxy) is 1. The molecule has 1 aliphatic heterocycles. The number of hydrogen-bond acceptors (Lipinski definition) is 5. The molecule has 1 N–H and O–H groups in total. The van der Waals surface area contributed by atoms with E-state index < -0.39 is 24.4 Å². The minimum atomic E-state index is -0.623. The number of amides is 1. The molecule has 0 saturated carbocycles. The molecule has 1 fully saturated rings. The number of hydrogen-bond donors (Lipinski definition) is 1. The van der Waals surface area contributed by atoms with Gasteiger partial charge in [-0.2, -0.15) is 5.26 Å². The van der Waals surface area contributed by atoms with Crippen molar-refractivity contribution in [2.24, 2.45) is 0 Å². The van der Waals surface area contributed by atoms with Crippen LogP contribution in [-0.2, 0) is 20.5 Å². The number of nitrogens with zero attached hydrogens (tertiary/aromatic N) is 1. The van der Waals surface area contributed by atoms with Crippen molar-refractivity contribution >= 4 is 19.3 Å². The Morgan fingerprint density at radius 1 is 0.949 bits per heavy atom. The van der Waals surface area contributed by atoms with Crippen LogP contribution < -0.4 is 5.32 Å². The molecule has 3 aromatic rings. The van der Waals surface area contributed by atoms with E-state index in [1.165, 1.54) is 22.3 Å². The highest BCUT2D eigenvalue weighted by Gasteiger charge is 2.52. The largest absolute Gasteiger partial charge is 0.492 e. The molecular weight excluding hydrogens is 487 g/mol. The van der Waals surface area contributed by atoms with Crippen LogP contribution in [0.2, 0.25) is 0 Å². The molecule has 198 valence electrons. The summed E-state index contributed by atoms with van der Waals surface area (Å²) >= 11 is 0. The molecule has 1 saturated heterocycles. The lowest BCUT2D eigenvalue weighted by molar-refractivity contribution is 0.00578. The first-order valence-corrected chi connectivity index (χ1v) is 13.3. The quantitative estimate of drug-likeness (QED) is 0.370. The Balaban J connectivity index is 1.29. The topological polar surface area (TPSA) is 80.6 Å². The van der Waals surface area contributed by atoms with Gasteiger partial charge in [0.25, 0.3) is 0 Å². The van der Waals surface area contributed by atoms with E-state index >= 15 is 0 Å². The van der Waals surface area contributed by atoms with Crippen molar-refractivity contribution in [2.45, 2.75) is 51.2 Å². The van der Waals surface area contributed by atoms with Gasteiger partial charge in [-0.3, -0.25) is 0 Å². The molecule has 0 unspecified atom stereocenters. The number of nitrogens with one attached hydrogen (secondary N) is 1. The average Bonchev–Trinajstić information content (AvgIpc) is 3.35. The minimum Gasteiger partial charge on any atom is -0.449 e. The maximum absolute atomic E-state index is 12.9. The SMILES string of the molecule is CC1(C)OB(C(=Cc2ccc(CC#N)cc2)CNC(=O)OCC2c3ccccc3-c3ccccc32)OC1(C)C. The molecule has 3 aromatic carbocycles. The first kappa shape index (κ1) is 26.7. The molecule has 1 heterocycles. The lowest BCUT2D eigenvalue weighted by Gasteiger charge is -2.32. The molecular formula is C32H33BN2O4. The van der Waals surface area contributed by atoms with Crippen molar-refractivity contribution < 1.29 is 18.8 Å². The van der Waals surface area contributed by atoms with Gasteiger partial charge in [-0.25, -0.2) is 4.79 Å². The Morgan fingerprint density at radius 3 is 2.08 bits per heavy atom. The number of fused-ring (bicyclic) bond motifs is 3. The molecule has 6 nitrogen and oxygen atoms in total. The number of rotatable bonds is 7. The van der Waals surface area contributed by atoms with Gasteiger partial charge in [0.2, 0.25) is 0 Å². The minimum absolute atomic E-state index is 0.00631. The summed E-state index contributed by atoms with van der Waals surface area (Å²) in [4.78, 5) is 12.9. The van der Waals surface area contributed by atoms with Crippen LogP contribution in [0.15, 0.2) is 78.3 Å². The average molecular weight is 520 g/mol. The number of nitriles is 1. The van der Waals surface area contributed by atoms with Crippen LogP contribution in [-0.4, -0.2) is 37.6 Å². The van der Waals surface area contributed by atoms with Crippen molar-refractivity contribution in [2.75, 3.05) is 13.2 Å². The zero-order chi connectivity index (χ0) is 27.6. The molecule has 7 heteroatoms. The first-order chi connectivity index (χ1) is 18.7. The number of benzene rings is 3. The summed E-state index contributed by atoms with van der Waals surface area (Å²) in [5.74, 6) is -0.00631. The fraction of sp³-hybridized carbons (Fsp3) is 0.312. The van der Waals surface area contributed by atoms with Crippen molar-refractivity contribution in [3.63, 3.8) is 0 Å². The predicted molar refractivity (Wildman–Crippen MR) is 153 cm³/mol. The van der Waals surface area contributed by atoms with Gasteiger partial charge >= 0.3 is 13.2 Å². The first-order valence-electron chi connectivity index (χ1n) is 13.3. The summed E-state index contributed by atoms with van der Waals surface area (Å²) in [5.41, 5.74) is 6.33. The van der Waals surface area contributed by atoms with Gasteiger partial charge in [0.1, 0.15) is 6.61 Å². The van der Waals surface area contributed by atoms with E-state index in [2.05, 4.69) is 35.7 Å². The van der Waals surface area contributed by atoms with E-state index in [0.717, 1.165) is 16.6 Å². The molecule has 1 amide bonds. The highest BCUT2D eigenvalue weighted by atomic mass is 16.7. The number of alkyl carbamates (subject to hydrolysis) is 1. The van der Waals surface area contributed by atoms with E-state index in [4.69, 9.17) is 19.3 Å². The van der Waals surface area contributed by atoms with Crippen molar-refractivity contribution in [3.05, 3.63) is 101 Å². The predicted octanol–water partition coefficient (Wildman–Crippen LogP) is 6.31. The molecule has 0 radical (unpaired) electrons. The fourth-order valence-electron chi connectivity index (χ4n) is 5.06. The van der Waals surface area contributed by atoms with Gasteiger partial charge < -0.3 is 19.4 Å². The van der Waals surface area contributed by atoms with Crippen LogP contribution in [0.25, 0.3) is 17.2 Å². The maximum Gasteiger partial charge on any atom is 0.492 e. The third-order valence-corrected chi connectivity index (χ3v) is 7.95. The summed E-state index contributed by atoms with van der Waals surface area (Å²) in [7, 11) is -0.623. The highest BCUT2D eigenvalue weighted by molar-refractivity contribution is 6.56. The van der Waals surface area contributed by atoms with E-state index in [0.29, 0.717) is 6.42 Å². The van der Waals surface area contributed by atoms with Crippen LogP contribution in [0.1, 0.15) is 55.9 Å². The molecule has 0 bridgehead atoms. The van der Waals surface area contributed by atoms with Gasteiger partial charge in [-0.15, -0.1) is 0 Å². The third kappa shape index (κ3) is 5.49. The Morgan fingerprint density at radius 2 is 1.51 bits per heavy atom. The Bertz CT molecular complexity index is 1380. The van der Waals surface area contributed by atoms with Crippen LogP contribution in [0.4, 0.5) is 4.79 Å². The Hall–Kier alpha value is -3.86. The van der Waals surface area contributed by atoms with E-state index in [-0.39, 0.29) is 19.1 Å². The summed E-state index contributed by atoms with van der Waals surface area (Å²) in [6.45, 7) is 8.45. The fourth-order valence-corrected chi connectivity index (χ4v) is 5.06. The van der Waals surface area contributed by atoms with Crippen LogP contribution >= 0.6 is 0 Å². The summed E-state index contributed by atoms with van der Waals surface area (Å²) < 4.78 is 18.3. The molecule has 5 rings (SSSR count). The number of carbonyl (C=O) groups excluding carboxylic acids is 1. The molecule has 2 aliphatic rings. The number of carbonyl (C=O) groups is 1. The van der Waals surface area contributed by atoms with Crippen LogP contribution in [0.5, 0.6) is 0 Å². The summed E-state index contributed by atoms with van der Waals surface area (Å²) in [6.07, 6.45) is 1.82. The lowest BCUT2D eigenvalue weighted by atomic mass is 9.77. The zero-order valence-corrected chi connectivity index (χ0v) is 22.9. The standard InChI is InChI=1S/C32H33BN2O4/c1-31(2)32(3,4)39-33(38-31)24(19-23-15-13-22(14-16-23)17-18-34)20-35-30(36)37-21-29-27-11-7-5-9-25(27)26-10-6-8-12-28(26)29/h5-16,19,29H,17,20-21H2,1-4H3,(H,35,36). The van der Waals surface area contributed by atoms with E-state index in [1.807, 2.05) is 82.3 Å². The van der Waals surface area contributed by atoms with Crippen molar-refractivity contribution in [3.8, 4) is 17.2 Å². The summed E-state index contributed by atoms with van der Waals surface area (Å²) in [6, 6.07) is 26.5. The second-order valence-corrected chi connectivity index (χ2v) is 11.1. The monoisotopic (exact) mass is 520 g/mol. The molecule has 1 aliphatic carbocycles. The van der Waals surface area contributed by atoms with Gasteiger partial charge in [0.15, 0.2) is 0 Å². The highest BCUT2D eigenvalue weighted by Crippen LogP contribution is 2.44. The molecule has 0 spiro atoms. The maximum atomic E-state index is 12.9. The Labute approximate surface area is 230 Å². The van der Waals surface area contributed by atoms with Gasteiger partial charge in [-0.05, 0) is 66.5 Å². The third-order valence-electron chi connectivity index (χ3n) is 7.95. The smallest absolute Gasteiger partial charge is 0.449 e. The van der Waals surface area contributed by atoms with E-state index in [9.17, 15) is 4.79 Å². The second-order valence-electron chi connectivity index (χ2n) is 11.1. The lowest BCUT2D eigenvalue weighted by Crippen LogP contribution is -2.41.